The van der Waals surface area contributed by atoms with E-state index in [4.69, 9.17) is 21.7 Å². The van der Waals surface area contributed by atoms with Crippen molar-refractivity contribution in [3.63, 3.8) is 0 Å². The summed E-state index contributed by atoms with van der Waals surface area (Å²) in [6.45, 7) is 4.08. The van der Waals surface area contributed by atoms with E-state index in [1.165, 1.54) is 4.57 Å². The quantitative estimate of drug-likeness (QED) is 0.361. The van der Waals surface area contributed by atoms with Crippen LogP contribution in [0.4, 0.5) is 0 Å². The molecule has 4 aromatic rings. The largest absolute Gasteiger partial charge is 0.476 e. The molecule has 34 heavy (non-hydrogen) atoms. The second-order valence-corrected chi connectivity index (χ2v) is 8.84. The van der Waals surface area contributed by atoms with Crippen LogP contribution in [0.5, 0.6) is 0 Å². The number of hydrogen-bond acceptors (Lipinski definition) is 5. The van der Waals surface area contributed by atoms with Gasteiger partial charge in [0.1, 0.15) is 17.4 Å². The van der Waals surface area contributed by atoms with Gasteiger partial charge in [-0.15, -0.1) is 0 Å². The van der Waals surface area contributed by atoms with Crippen LogP contribution in [0.1, 0.15) is 61.2 Å². The monoisotopic (exact) mass is 471 g/mol. The molecule has 8 heteroatoms. The Labute approximate surface area is 200 Å². The van der Waals surface area contributed by atoms with Crippen LogP contribution < -0.4 is 5.69 Å². The highest BCUT2D eigenvalue weighted by Gasteiger charge is 2.26. The minimum Gasteiger partial charge on any atom is -0.476 e. The van der Waals surface area contributed by atoms with Gasteiger partial charge < -0.3 is 9.52 Å². The number of carboxylic acid groups (broad SMARTS) is 1. The van der Waals surface area contributed by atoms with Gasteiger partial charge in [0, 0.05) is 17.7 Å². The highest BCUT2D eigenvalue weighted by atomic mass is 32.1. The van der Waals surface area contributed by atoms with Gasteiger partial charge in [0.25, 0.3) is 0 Å². The normalized spacial score (nSPS) is 12.8. The molecule has 0 fully saturated rings. The molecule has 0 spiro atoms. The molecule has 0 aliphatic heterocycles. The third-order valence-electron chi connectivity index (χ3n) is 5.97. The second kappa shape index (κ2) is 8.39. The maximum absolute atomic E-state index is 12.7. The van der Waals surface area contributed by atoms with Crippen LogP contribution in [-0.4, -0.2) is 25.6 Å². The lowest BCUT2D eigenvalue weighted by molar-refractivity contribution is 0.0690. The molecule has 1 aliphatic rings. The van der Waals surface area contributed by atoms with Crippen LogP contribution in [0.25, 0.3) is 12.2 Å². The molecule has 2 heterocycles. The van der Waals surface area contributed by atoms with E-state index in [1.807, 2.05) is 0 Å². The highest BCUT2D eigenvalue weighted by Crippen LogP contribution is 2.39. The molecule has 0 saturated heterocycles. The first-order valence-electron chi connectivity index (χ1n) is 10.7. The van der Waals surface area contributed by atoms with Gasteiger partial charge in [-0.3, -0.25) is 9.55 Å². The van der Waals surface area contributed by atoms with Crippen LogP contribution in [0, 0.1) is 18.5 Å². The Balaban J connectivity index is 1.69. The van der Waals surface area contributed by atoms with Crippen LogP contribution in [-0.2, 0) is 6.54 Å². The van der Waals surface area contributed by atoms with Crippen molar-refractivity contribution in [2.75, 3.05) is 0 Å². The molecular formula is C26H21N3O4S. The summed E-state index contributed by atoms with van der Waals surface area (Å²) in [5.74, 6) is -1.29. The first-order chi connectivity index (χ1) is 16.3. The Bertz CT molecular complexity index is 1540. The Kier molecular flexibility index (Phi) is 5.37. The number of oxazole rings is 1. The topological polar surface area (TPSA) is 101 Å². The SMILES string of the molecule is Cc1ccc2c(c1)C=Cc1cc(C)ccc1C2c1cn(Cc2nc(C(=O)O)co2)c(=O)[nH]c1=S. The third-order valence-corrected chi connectivity index (χ3v) is 6.31. The Hall–Kier alpha value is -4.04. The molecule has 0 atom stereocenters. The summed E-state index contributed by atoms with van der Waals surface area (Å²) in [5, 5.41) is 9.10. The van der Waals surface area contributed by atoms with Crippen LogP contribution in [0.15, 0.2) is 58.1 Å². The average molecular weight is 472 g/mol. The minimum atomic E-state index is -1.19. The van der Waals surface area contributed by atoms with Crippen molar-refractivity contribution >= 4 is 30.3 Å². The molecule has 0 unspecified atom stereocenters. The maximum atomic E-state index is 12.7. The zero-order valence-corrected chi connectivity index (χ0v) is 19.3. The van der Waals surface area contributed by atoms with Crippen molar-refractivity contribution in [3.8, 4) is 0 Å². The first kappa shape index (κ1) is 21.8. The van der Waals surface area contributed by atoms with Gasteiger partial charge in [-0.25, -0.2) is 14.6 Å². The Morgan fingerprint density at radius 1 is 1.09 bits per heavy atom. The van der Waals surface area contributed by atoms with Crippen molar-refractivity contribution < 1.29 is 14.3 Å². The van der Waals surface area contributed by atoms with Gasteiger partial charge in [0.15, 0.2) is 5.69 Å². The van der Waals surface area contributed by atoms with E-state index < -0.39 is 11.7 Å². The molecule has 5 rings (SSSR count). The fourth-order valence-electron chi connectivity index (χ4n) is 4.36. The summed E-state index contributed by atoms with van der Waals surface area (Å²) >= 11 is 5.63. The molecule has 2 N–H and O–H groups in total. The van der Waals surface area contributed by atoms with E-state index in [9.17, 15) is 9.59 Å². The van der Waals surface area contributed by atoms with Crippen LogP contribution in [0.3, 0.4) is 0 Å². The van der Waals surface area contributed by atoms with Crippen LogP contribution in [0.2, 0.25) is 0 Å². The highest BCUT2D eigenvalue weighted by molar-refractivity contribution is 7.71. The lowest BCUT2D eigenvalue weighted by atomic mass is 9.83. The molecule has 0 radical (unpaired) electrons. The predicted octanol–water partition coefficient (Wildman–Crippen LogP) is 4.92. The Morgan fingerprint density at radius 2 is 1.71 bits per heavy atom. The van der Waals surface area contributed by atoms with Crippen molar-refractivity contribution in [1.29, 1.82) is 0 Å². The number of carbonyl (C=O) groups is 1. The number of nitrogens with one attached hydrogen (secondary N) is 1. The smallest absolute Gasteiger partial charge is 0.357 e. The fraction of sp³-hybridized carbons (Fsp3) is 0.154. The molecule has 0 saturated carbocycles. The van der Waals surface area contributed by atoms with E-state index >= 15 is 0 Å². The van der Waals surface area contributed by atoms with Gasteiger partial charge in [-0.05, 0) is 36.1 Å². The van der Waals surface area contributed by atoms with E-state index in [0.717, 1.165) is 45.2 Å². The molecule has 0 amide bonds. The van der Waals surface area contributed by atoms with Crippen molar-refractivity contribution in [2.45, 2.75) is 26.3 Å². The fourth-order valence-corrected chi connectivity index (χ4v) is 4.62. The molecule has 7 nitrogen and oxygen atoms in total. The van der Waals surface area contributed by atoms with Gasteiger partial charge in [-0.1, -0.05) is 71.9 Å². The lowest BCUT2D eigenvalue weighted by Crippen LogP contribution is -2.25. The van der Waals surface area contributed by atoms with Gasteiger partial charge in [0.05, 0.1) is 0 Å². The third kappa shape index (κ3) is 3.92. The maximum Gasteiger partial charge on any atom is 0.357 e. The molecular weight excluding hydrogens is 450 g/mol. The summed E-state index contributed by atoms with van der Waals surface area (Å²) < 4.78 is 7.01. The average Bonchev–Trinajstić information content (AvgIpc) is 3.20. The number of H-pyrrole nitrogens is 1. The van der Waals surface area contributed by atoms with Crippen LogP contribution >= 0.6 is 12.2 Å². The summed E-state index contributed by atoms with van der Waals surface area (Å²) in [6, 6.07) is 12.6. The zero-order valence-electron chi connectivity index (χ0n) is 18.5. The number of aromatic nitrogens is 3. The van der Waals surface area contributed by atoms with Crippen molar-refractivity contribution in [2.24, 2.45) is 0 Å². The van der Waals surface area contributed by atoms with Gasteiger partial charge >= 0.3 is 11.7 Å². The number of fused-ring (bicyclic) bond motifs is 2. The Morgan fingerprint density at radius 3 is 2.26 bits per heavy atom. The van der Waals surface area contributed by atoms with Crippen molar-refractivity contribution in [3.05, 3.63) is 115 Å². The molecule has 2 aromatic carbocycles. The number of carboxylic acids is 1. The van der Waals surface area contributed by atoms with E-state index in [0.29, 0.717) is 4.64 Å². The summed E-state index contributed by atoms with van der Waals surface area (Å²) in [6.07, 6.45) is 7.01. The summed E-state index contributed by atoms with van der Waals surface area (Å²) in [7, 11) is 0. The number of nitrogens with zero attached hydrogens (tertiary/aromatic N) is 2. The number of aromatic carboxylic acids is 1. The summed E-state index contributed by atoms with van der Waals surface area (Å²) in [5.41, 5.74) is 6.76. The van der Waals surface area contributed by atoms with E-state index in [2.05, 4.69) is 72.4 Å². The number of aromatic amines is 1. The van der Waals surface area contributed by atoms with Crippen molar-refractivity contribution in [1.82, 2.24) is 14.5 Å². The minimum absolute atomic E-state index is 0.0301. The standard InChI is InChI=1S/C26H21N3O4S/c1-14-3-7-18-16(9-14)5-6-17-10-15(2)4-8-19(17)23(18)20-11-29(26(32)28-24(20)34)12-22-27-21(13-33-22)25(30)31/h3-11,13,23H,12H2,1-2H3,(H,30,31)(H,28,32,34). The zero-order chi connectivity index (χ0) is 24.0. The van der Waals surface area contributed by atoms with E-state index in [-0.39, 0.29) is 24.0 Å². The molecule has 0 bridgehead atoms. The second-order valence-electron chi connectivity index (χ2n) is 8.43. The number of rotatable bonds is 4. The number of aryl methyl sites for hydroxylation is 2. The number of hydrogen-bond donors (Lipinski definition) is 2. The van der Waals surface area contributed by atoms with Gasteiger partial charge in [0.2, 0.25) is 5.89 Å². The lowest BCUT2D eigenvalue weighted by Gasteiger charge is -2.22. The molecule has 170 valence electrons. The van der Waals surface area contributed by atoms with E-state index in [1.54, 1.807) is 6.20 Å². The summed E-state index contributed by atoms with van der Waals surface area (Å²) in [4.78, 5) is 30.6. The number of benzene rings is 2. The molecule has 1 aliphatic carbocycles. The molecule has 2 aromatic heterocycles. The predicted molar refractivity (Wildman–Crippen MR) is 131 cm³/mol. The van der Waals surface area contributed by atoms with Gasteiger partial charge in [-0.2, -0.15) is 0 Å². The first-order valence-corrected chi connectivity index (χ1v) is 11.1.